The molecule has 0 N–H and O–H groups in total. The second kappa shape index (κ2) is 5.72. The number of hydrogen-bond donors (Lipinski definition) is 0. The van der Waals surface area contributed by atoms with Crippen LogP contribution in [0.2, 0.25) is 0 Å². The maximum atomic E-state index is 12.6. The Kier molecular flexibility index (Phi) is 3.78. The molecule has 1 aromatic rings. The molecule has 1 aliphatic carbocycles. The zero-order chi connectivity index (χ0) is 14.8. The van der Waals surface area contributed by atoms with Crippen molar-refractivity contribution in [2.75, 3.05) is 6.61 Å². The highest BCUT2D eigenvalue weighted by molar-refractivity contribution is 5.95. The first kappa shape index (κ1) is 13.9. The molecule has 2 atom stereocenters. The molecule has 1 saturated carbocycles. The van der Waals surface area contributed by atoms with Gasteiger partial charge in [-0.15, -0.1) is 0 Å². The summed E-state index contributed by atoms with van der Waals surface area (Å²) in [5.74, 6) is -0.210. The number of cyclic esters (lactones) is 1. The highest BCUT2D eigenvalue weighted by Gasteiger charge is 2.41. The number of hydrogen-bond acceptors (Lipinski definition) is 3. The van der Waals surface area contributed by atoms with Crippen LogP contribution in [0.15, 0.2) is 42.5 Å². The summed E-state index contributed by atoms with van der Waals surface area (Å²) < 4.78 is 5.10. The minimum atomic E-state index is -0.501. The molecule has 2 amide bonds. The van der Waals surface area contributed by atoms with Gasteiger partial charge in [0.05, 0.1) is 6.04 Å². The Morgan fingerprint density at radius 3 is 2.76 bits per heavy atom. The lowest BCUT2D eigenvalue weighted by Gasteiger charge is -2.22. The monoisotopic (exact) mass is 285 g/mol. The summed E-state index contributed by atoms with van der Waals surface area (Å²) in [6.07, 6.45) is 2.51. The van der Waals surface area contributed by atoms with Crippen molar-refractivity contribution in [1.29, 1.82) is 0 Å². The van der Waals surface area contributed by atoms with E-state index in [-0.39, 0.29) is 24.5 Å². The van der Waals surface area contributed by atoms with E-state index in [1.54, 1.807) is 0 Å². The summed E-state index contributed by atoms with van der Waals surface area (Å²) in [5.41, 5.74) is 2.20. The Morgan fingerprint density at radius 2 is 2.10 bits per heavy atom. The number of carbonyl (C=O) groups is 2. The van der Waals surface area contributed by atoms with Gasteiger partial charge in [-0.25, -0.2) is 9.69 Å². The molecule has 3 rings (SSSR count). The summed E-state index contributed by atoms with van der Waals surface area (Å²) in [7, 11) is 0. The molecular weight excluding hydrogens is 266 g/mol. The molecule has 110 valence electrons. The zero-order valence-electron chi connectivity index (χ0n) is 12.0. The van der Waals surface area contributed by atoms with Gasteiger partial charge in [0.15, 0.2) is 0 Å². The van der Waals surface area contributed by atoms with Crippen molar-refractivity contribution in [2.45, 2.75) is 31.7 Å². The Labute approximate surface area is 124 Å². The Bertz CT molecular complexity index is 567. The van der Waals surface area contributed by atoms with E-state index in [2.05, 4.69) is 6.58 Å². The van der Waals surface area contributed by atoms with Crippen LogP contribution >= 0.6 is 0 Å². The Hall–Kier alpha value is -2.10. The second-order valence-electron chi connectivity index (χ2n) is 5.82. The molecule has 4 heteroatoms. The van der Waals surface area contributed by atoms with Crippen LogP contribution < -0.4 is 0 Å². The summed E-state index contributed by atoms with van der Waals surface area (Å²) in [5, 5.41) is 0. The van der Waals surface area contributed by atoms with Gasteiger partial charge in [0.1, 0.15) is 6.61 Å². The van der Waals surface area contributed by atoms with Gasteiger partial charge in [-0.2, -0.15) is 0 Å². The number of rotatable bonds is 3. The van der Waals surface area contributed by atoms with Gasteiger partial charge in [0.25, 0.3) is 0 Å². The molecule has 1 saturated heterocycles. The Morgan fingerprint density at radius 1 is 1.33 bits per heavy atom. The van der Waals surface area contributed by atoms with Gasteiger partial charge in [-0.05, 0) is 31.2 Å². The Balaban J connectivity index is 1.73. The number of nitrogens with zero attached hydrogens (tertiary/aromatic N) is 1. The first-order valence-corrected chi connectivity index (χ1v) is 7.35. The molecule has 4 nitrogen and oxygen atoms in total. The lowest BCUT2D eigenvalue weighted by atomic mass is 10.0. The summed E-state index contributed by atoms with van der Waals surface area (Å²) >= 11 is 0. The quantitative estimate of drug-likeness (QED) is 0.802. The smallest absolute Gasteiger partial charge is 0.416 e. The van der Waals surface area contributed by atoms with E-state index in [4.69, 9.17) is 4.74 Å². The fourth-order valence-electron chi connectivity index (χ4n) is 3.11. The molecule has 0 aromatic heterocycles. The number of carbonyl (C=O) groups excluding carboxylic acids is 2. The van der Waals surface area contributed by atoms with Crippen molar-refractivity contribution in [2.24, 2.45) is 5.92 Å². The van der Waals surface area contributed by atoms with E-state index in [0.29, 0.717) is 12.8 Å². The fourth-order valence-corrected chi connectivity index (χ4v) is 3.11. The lowest BCUT2D eigenvalue weighted by Crippen LogP contribution is -2.43. The molecule has 1 heterocycles. The molecule has 21 heavy (non-hydrogen) atoms. The number of ether oxygens (including phenoxy) is 1. The highest BCUT2D eigenvalue weighted by atomic mass is 16.6. The first-order valence-electron chi connectivity index (χ1n) is 7.35. The third-order valence-corrected chi connectivity index (χ3v) is 4.24. The van der Waals surface area contributed by atoms with Crippen LogP contribution in [0, 0.1) is 5.92 Å². The van der Waals surface area contributed by atoms with Crippen LogP contribution in [0.25, 0.3) is 0 Å². The van der Waals surface area contributed by atoms with E-state index in [1.165, 1.54) is 4.90 Å². The van der Waals surface area contributed by atoms with E-state index >= 15 is 0 Å². The zero-order valence-corrected chi connectivity index (χ0v) is 12.0. The summed E-state index contributed by atoms with van der Waals surface area (Å²) in [6.45, 7) is 4.22. The molecular formula is C17H19NO3. The van der Waals surface area contributed by atoms with Gasteiger partial charge in [-0.1, -0.05) is 42.5 Å². The van der Waals surface area contributed by atoms with Crippen molar-refractivity contribution >= 4 is 12.0 Å². The summed E-state index contributed by atoms with van der Waals surface area (Å²) in [6, 6.07) is 9.68. The number of allylic oxidation sites excluding steroid dienone is 1. The van der Waals surface area contributed by atoms with Crippen molar-refractivity contribution in [1.82, 2.24) is 4.90 Å². The topological polar surface area (TPSA) is 46.6 Å². The van der Waals surface area contributed by atoms with E-state index in [9.17, 15) is 9.59 Å². The second-order valence-corrected chi connectivity index (χ2v) is 5.82. The van der Waals surface area contributed by atoms with Gasteiger partial charge < -0.3 is 4.74 Å². The number of amides is 2. The number of imide groups is 1. The first-order chi connectivity index (χ1) is 10.1. The van der Waals surface area contributed by atoms with Crippen LogP contribution in [0.3, 0.4) is 0 Å². The molecule has 0 radical (unpaired) electrons. The molecule has 1 aliphatic heterocycles. The maximum Gasteiger partial charge on any atom is 0.416 e. The van der Waals surface area contributed by atoms with Crippen LogP contribution in [0.1, 0.15) is 24.8 Å². The van der Waals surface area contributed by atoms with Crippen molar-refractivity contribution < 1.29 is 14.3 Å². The fraction of sp³-hybridized carbons (Fsp3) is 0.412. The van der Waals surface area contributed by atoms with Crippen molar-refractivity contribution in [3.63, 3.8) is 0 Å². The average molecular weight is 285 g/mol. The maximum absolute atomic E-state index is 12.6. The minimum Gasteiger partial charge on any atom is -0.447 e. The van der Waals surface area contributed by atoms with Crippen LogP contribution in [-0.2, 0) is 16.0 Å². The lowest BCUT2D eigenvalue weighted by molar-refractivity contribution is -0.133. The predicted octanol–water partition coefficient (Wildman–Crippen LogP) is 2.93. The van der Waals surface area contributed by atoms with E-state index in [0.717, 1.165) is 24.0 Å². The molecule has 0 unspecified atom stereocenters. The molecule has 2 aliphatic rings. The van der Waals surface area contributed by atoms with Gasteiger partial charge in [-0.3, -0.25) is 4.79 Å². The minimum absolute atomic E-state index is 0.0999. The number of benzene rings is 1. The molecule has 2 fully saturated rings. The standard InChI is InChI=1S/C17H19NO3/c1-12-7-8-14(9-12)16(19)18-15(11-21-17(18)20)10-13-5-3-2-4-6-13/h2-6,14-15H,1,7-11H2/t14-,15-/m0/s1. The highest BCUT2D eigenvalue weighted by Crippen LogP contribution is 2.32. The molecule has 0 spiro atoms. The molecule has 1 aromatic carbocycles. The average Bonchev–Trinajstić information content (AvgIpc) is 3.06. The molecule has 0 bridgehead atoms. The SMILES string of the molecule is C=C1CC[C@H](C(=O)N2C(=O)OC[C@@H]2Cc2ccccc2)C1. The van der Waals surface area contributed by atoms with Crippen LogP contribution in [0.4, 0.5) is 4.79 Å². The third-order valence-electron chi connectivity index (χ3n) is 4.24. The van der Waals surface area contributed by atoms with Crippen LogP contribution in [-0.4, -0.2) is 29.5 Å². The summed E-state index contributed by atoms with van der Waals surface area (Å²) in [4.78, 5) is 25.8. The van der Waals surface area contributed by atoms with Crippen molar-refractivity contribution in [3.8, 4) is 0 Å². The van der Waals surface area contributed by atoms with E-state index < -0.39 is 6.09 Å². The third kappa shape index (κ3) is 2.84. The van der Waals surface area contributed by atoms with E-state index in [1.807, 2.05) is 30.3 Å². The van der Waals surface area contributed by atoms with Gasteiger partial charge in [0, 0.05) is 5.92 Å². The van der Waals surface area contributed by atoms with Crippen LogP contribution in [0.5, 0.6) is 0 Å². The normalized spacial score (nSPS) is 25.2. The van der Waals surface area contributed by atoms with Crippen molar-refractivity contribution in [3.05, 3.63) is 48.0 Å². The predicted molar refractivity (Wildman–Crippen MR) is 78.6 cm³/mol. The van der Waals surface area contributed by atoms with Gasteiger partial charge >= 0.3 is 6.09 Å². The largest absolute Gasteiger partial charge is 0.447 e. The van der Waals surface area contributed by atoms with Gasteiger partial charge in [0.2, 0.25) is 5.91 Å².